The lowest BCUT2D eigenvalue weighted by Crippen LogP contribution is -2.33. The number of fused-ring (bicyclic) bond motifs is 1. The molecule has 0 saturated carbocycles. The van der Waals surface area contributed by atoms with Crippen molar-refractivity contribution in [1.82, 2.24) is 10.3 Å². The maximum absolute atomic E-state index is 14.7. The molecule has 8 nitrogen and oxygen atoms in total. The molecule has 6 N–H and O–H groups in total. The van der Waals surface area contributed by atoms with Crippen LogP contribution in [0.25, 0.3) is 0 Å². The zero-order chi connectivity index (χ0) is 19.9. The van der Waals surface area contributed by atoms with Gasteiger partial charge in [0.25, 0.3) is 0 Å². The molecule has 1 atom stereocenters. The van der Waals surface area contributed by atoms with E-state index in [0.717, 1.165) is 6.07 Å². The van der Waals surface area contributed by atoms with E-state index in [0.29, 0.717) is 0 Å². The number of hydrogen-bond donors (Lipinski definition) is 4. The average Bonchev–Trinajstić information content (AvgIpc) is 2.60. The zero-order valence-electron chi connectivity index (χ0n) is 13.1. The van der Waals surface area contributed by atoms with E-state index < -0.39 is 17.7 Å². The number of aliphatic imine (C=N–C) groups is 1. The van der Waals surface area contributed by atoms with Crippen LogP contribution in [0.4, 0.5) is 26.1 Å². The van der Waals surface area contributed by atoms with Gasteiger partial charge in [-0.2, -0.15) is 10.5 Å². The van der Waals surface area contributed by atoms with E-state index in [9.17, 15) is 14.0 Å². The molecule has 0 spiro atoms. The van der Waals surface area contributed by atoms with Crippen LogP contribution in [0, 0.1) is 34.4 Å². The van der Waals surface area contributed by atoms with Crippen molar-refractivity contribution in [3.63, 3.8) is 0 Å². The van der Waals surface area contributed by atoms with Crippen molar-refractivity contribution in [1.29, 1.82) is 10.5 Å². The Bertz CT molecular complexity index is 1090. The second-order valence-electron chi connectivity index (χ2n) is 5.28. The van der Waals surface area contributed by atoms with Crippen LogP contribution >= 0.6 is 31.9 Å². The van der Waals surface area contributed by atoms with Crippen LogP contribution in [0.5, 0.6) is 0 Å². The lowest BCUT2D eigenvalue weighted by molar-refractivity contribution is 0.565. The highest BCUT2D eigenvalue weighted by atomic mass is 79.9. The molecule has 0 bridgehead atoms. The smallest absolute Gasteiger partial charge is 0.211 e. The molecule has 12 heteroatoms. The minimum atomic E-state index is -1.20. The summed E-state index contributed by atoms with van der Waals surface area (Å²) >= 11 is 5.96. The van der Waals surface area contributed by atoms with Crippen LogP contribution in [0.15, 0.2) is 20.0 Å². The molecular weight excluding hydrogens is 490 g/mol. The van der Waals surface area contributed by atoms with Crippen molar-refractivity contribution in [2.45, 2.75) is 6.04 Å². The molecule has 1 unspecified atom stereocenters. The molecule has 1 aromatic carbocycles. The lowest BCUT2D eigenvalue weighted by atomic mass is 9.94. The SMILES string of the molecule is N#CNC1=NC(c2c(F)cc(Br)c(F)c2Br)c2c(nc(N)c(C#N)c2N)N1. The van der Waals surface area contributed by atoms with Crippen molar-refractivity contribution < 1.29 is 8.78 Å². The first-order chi connectivity index (χ1) is 12.8. The lowest BCUT2D eigenvalue weighted by Gasteiger charge is -2.27. The molecule has 1 aliphatic rings. The fraction of sp³-hybridized carbons (Fsp3) is 0.0667. The molecule has 0 amide bonds. The first-order valence-electron chi connectivity index (χ1n) is 7.11. The van der Waals surface area contributed by atoms with E-state index in [4.69, 9.17) is 16.7 Å². The van der Waals surface area contributed by atoms with Gasteiger partial charge in [0.1, 0.15) is 35.1 Å². The fourth-order valence-electron chi connectivity index (χ4n) is 2.62. The number of pyridine rings is 1. The van der Waals surface area contributed by atoms with Crippen molar-refractivity contribution in [3.05, 3.63) is 43.3 Å². The van der Waals surface area contributed by atoms with Crippen molar-refractivity contribution in [3.8, 4) is 12.3 Å². The summed E-state index contributed by atoms with van der Waals surface area (Å²) in [6, 6.07) is 1.57. The van der Waals surface area contributed by atoms with Crippen molar-refractivity contribution in [2.24, 2.45) is 4.99 Å². The van der Waals surface area contributed by atoms with Gasteiger partial charge in [0.2, 0.25) is 5.96 Å². The minimum absolute atomic E-state index is 0.0661. The summed E-state index contributed by atoms with van der Waals surface area (Å²) in [4.78, 5) is 8.24. The Morgan fingerprint density at radius 3 is 2.56 bits per heavy atom. The molecule has 2 heterocycles. The van der Waals surface area contributed by atoms with E-state index in [1.165, 1.54) is 0 Å². The van der Waals surface area contributed by atoms with Crippen LogP contribution in [0.2, 0.25) is 0 Å². The van der Waals surface area contributed by atoms with Crippen LogP contribution in [0.3, 0.4) is 0 Å². The van der Waals surface area contributed by atoms with Gasteiger partial charge in [-0.3, -0.25) is 5.32 Å². The van der Waals surface area contributed by atoms with Crippen LogP contribution in [-0.4, -0.2) is 10.9 Å². The maximum Gasteiger partial charge on any atom is 0.211 e. The molecule has 136 valence electrons. The fourth-order valence-corrected chi connectivity index (χ4v) is 3.91. The Morgan fingerprint density at radius 2 is 1.93 bits per heavy atom. The molecule has 2 aromatic rings. The number of nitrogens with two attached hydrogens (primary N) is 2. The third-order valence-electron chi connectivity index (χ3n) is 3.78. The van der Waals surface area contributed by atoms with Gasteiger partial charge in [-0.25, -0.2) is 18.8 Å². The third kappa shape index (κ3) is 3.03. The monoisotopic (exact) mass is 496 g/mol. The standard InChI is InChI=1S/C15H8Br2F2N8/c16-5-1-6(18)7(9(17)10(5)19)12-8-11(22)4(2-20)13(23)26-14(8)27-15(25-12)24-3-21/h1,12H,(H6,22,23,24,25,26,27). The number of nitriles is 2. The largest absolute Gasteiger partial charge is 0.397 e. The number of nitrogens with one attached hydrogen (secondary N) is 2. The quantitative estimate of drug-likeness (QED) is 0.205. The topological polar surface area (TPSA) is 149 Å². The van der Waals surface area contributed by atoms with Gasteiger partial charge < -0.3 is 16.8 Å². The molecule has 1 aliphatic heterocycles. The molecule has 3 rings (SSSR count). The summed E-state index contributed by atoms with van der Waals surface area (Å²) in [7, 11) is 0. The van der Waals surface area contributed by atoms with Crippen LogP contribution in [-0.2, 0) is 0 Å². The van der Waals surface area contributed by atoms with Gasteiger partial charge in [-0.1, -0.05) is 0 Å². The Balaban J connectivity index is 2.36. The van der Waals surface area contributed by atoms with Gasteiger partial charge in [0.05, 0.1) is 14.6 Å². The van der Waals surface area contributed by atoms with Crippen LogP contribution < -0.4 is 22.1 Å². The Hall–Kier alpha value is -2.96. The van der Waals surface area contributed by atoms with Gasteiger partial charge in [-0.15, -0.1) is 0 Å². The third-order valence-corrected chi connectivity index (χ3v) is 5.13. The minimum Gasteiger partial charge on any atom is -0.397 e. The van der Waals surface area contributed by atoms with Crippen LogP contribution in [0.1, 0.15) is 22.7 Å². The number of guanidine groups is 1. The zero-order valence-corrected chi connectivity index (χ0v) is 16.3. The maximum atomic E-state index is 14.7. The summed E-state index contributed by atoms with van der Waals surface area (Å²) in [5, 5.41) is 23.1. The van der Waals surface area contributed by atoms with E-state index in [-0.39, 0.29) is 48.9 Å². The molecule has 27 heavy (non-hydrogen) atoms. The Morgan fingerprint density at radius 1 is 1.22 bits per heavy atom. The van der Waals surface area contributed by atoms with Gasteiger partial charge in [-0.05, 0) is 37.9 Å². The number of aromatic nitrogens is 1. The summed E-state index contributed by atoms with van der Waals surface area (Å²) in [6.45, 7) is 0. The molecule has 1 aromatic heterocycles. The van der Waals surface area contributed by atoms with E-state index in [1.54, 1.807) is 6.19 Å². The summed E-state index contributed by atoms with van der Waals surface area (Å²) in [5.74, 6) is -1.70. The number of halogens is 4. The number of nitrogens with zero attached hydrogens (tertiary/aromatic N) is 4. The predicted molar refractivity (Wildman–Crippen MR) is 101 cm³/mol. The molecular formula is C15H8Br2F2N8. The Kier molecular flexibility index (Phi) is 4.87. The van der Waals surface area contributed by atoms with Gasteiger partial charge in [0, 0.05) is 11.1 Å². The molecule has 0 fully saturated rings. The number of nitrogen functional groups attached to an aromatic ring is 2. The normalized spacial score (nSPS) is 15.0. The van der Waals surface area contributed by atoms with E-state index >= 15 is 0 Å². The Labute approximate surface area is 168 Å². The summed E-state index contributed by atoms with van der Waals surface area (Å²) < 4.78 is 28.8. The number of rotatable bonds is 1. The highest BCUT2D eigenvalue weighted by Gasteiger charge is 2.33. The van der Waals surface area contributed by atoms with Crippen molar-refractivity contribution >= 4 is 55.1 Å². The number of hydrogen-bond acceptors (Lipinski definition) is 8. The molecule has 0 aliphatic carbocycles. The number of anilines is 3. The van der Waals surface area contributed by atoms with E-state index in [2.05, 4.69) is 52.5 Å². The predicted octanol–water partition coefficient (Wildman–Crippen LogP) is 2.86. The van der Waals surface area contributed by atoms with E-state index in [1.807, 2.05) is 6.07 Å². The van der Waals surface area contributed by atoms with Crippen molar-refractivity contribution in [2.75, 3.05) is 16.8 Å². The number of benzene rings is 1. The highest BCUT2D eigenvalue weighted by molar-refractivity contribution is 9.11. The van der Waals surface area contributed by atoms with Gasteiger partial charge in [0.15, 0.2) is 12.0 Å². The first-order valence-corrected chi connectivity index (χ1v) is 8.70. The highest BCUT2D eigenvalue weighted by Crippen LogP contribution is 2.44. The molecule has 0 radical (unpaired) electrons. The summed E-state index contributed by atoms with van der Waals surface area (Å²) in [6.07, 6.45) is 1.67. The summed E-state index contributed by atoms with van der Waals surface area (Å²) in [5.41, 5.74) is 11.5. The van der Waals surface area contributed by atoms with Gasteiger partial charge >= 0.3 is 0 Å². The molecule has 0 saturated heterocycles. The second-order valence-corrected chi connectivity index (χ2v) is 6.93. The average molecular weight is 498 g/mol. The first kappa shape index (κ1) is 18.8. The second kappa shape index (κ2) is 6.98.